The van der Waals surface area contributed by atoms with Gasteiger partial charge in [0.1, 0.15) is 12.4 Å². The minimum absolute atomic E-state index is 0.0604. The number of rotatable bonds is 4. The SMILES string of the molecule is O=C([C@@H]1COc2ccccc2C1)N1CCC(Cc2noc(C3CC3)n2)CC1. The van der Waals surface area contributed by atoms with Crippen molar-refractivity contribution in [2.45, 2.75) is 44.4 Å². The van der Waals surface area contributed by atoms with E-state index in [2.05, 4.69) is 16.2 Å². The van der Waals surface area contributed by atoms with Crippen LogP contribution in [0, 0.1) is 11.8 Å². The van der Waals surface area contributed by atoms with Crippen LogP contribution in [0.1, 0.15) is 48.9 Å². The summed E-state index contributed by atoms with van der Waals surface area (Å²) < 4.78 is 11.2. The topological polar surface area (TPSA) is 68.5 Å². The van der Waals surface area contributed by atoms with Crippen molar-refractivity contribution in [1.82, 2.24) is 15.0 Å². The van der Waals surface area contributed by atoms with Gasteiger partial charge in [-0.15, -0.1) is 0 Å². The van der Waals surface area contributed by atoms with Gasteiger partial charge in [-0.05, 0) is 49.7 Å². The lowest BCUT2D eigenvalue weighted by Gasteiger charge is -2.35. The summed E-state index contributed by atoms with van der Waals surface area (Å²) in [5.41, 5.74) is 1.14. The zero-order valence-electron chi connectivity index (χ0n) is 15.5. The molecular formula is C21H25N3O3. The molecule has 1 amide bonds. The van der Waals surface area contributed by atoms with E-state index in [0.717, 1.165) is 61.8 Å². The lowest BCUT2D eigenvalue weighted by atomic mass is 9.91. The molecule has 0 unspecified atom stereocenters. The molecule has 6 nitrogen and oxygen atoms in total. The highest BCUT2D eigenvalue weighted by atomic mass is 16.5. The first-order valence-electron chi connectivity index (χ1n) is 10.1. The van der Waals surface area contributed by atoms with Crippen LogP contribution in [0.3, 0.4) is 0 Å². The van der Waals surface area contributed by atoms with Gasteiger partial charge in [-0.1, -0.05) is 23.4 Å². The van der Waals surface area contributed by atoms with Crippen LogP contribution in [0.15, 0.2) is 28.8 Å². The molecule has 27 heavy (non-hydrogen) atoms. The highest BCUT2D eigenvalue weighted by molar-refractivity contribution is 5.80. The van der Waals surface area contributed by atoms with Crippen LogP contribution >= 0.6 is 0 Å². The Balaban J connectivity index is 1.14. The van der Waals surface area contributed by atoms with Crippen molar-refractivity contribution in [3.05, 3.63) is 41.5 Å². The second-order valence-electron chi connectivity index (χ2n) is 8.12. The van der Waals surface area contributed by atoms with Crippen molar-refractivity contribution >= 4 is 5.91 Å². The number of aromatic nitrogens is 2. The van der Waals surface area contributed by atoms with Gasteiger partial charge in [0.2, 0.25) is 11.8 Å². The predicted molar refractivity (Wildman–Crippen MR) is 98.4 cm³/mol. The van der Waals surface area contributed by atoms with Crippen LogP contribution in [0.2, 0.25) is 0 Å². The molecule has 2 fully saturated rings. The summed E-state index contributed by atoms with van der Waals surface area (Å²) >= 11 is 0. The smallest absolute Gasteiger partial charge is 0.229 e. The highest BCUT2D eigenvalue weighted by Gasteiger charge is 2.33. The minimum Gasteiger partial charge on any atom is -0.492 e. The van der Waals surface area contributed by atoms with Crippen molar-refractivity contribution in [3.63, 3.8) is 0 Å². The summed E-state index contributed by atoms with van der Waals surface area (Å²) in [7, 11) is 0. The number of piperidine rings is 1. The summed E-state index contributed by atoms with van der Waals surface area (Å²) in [5, 5.41) is 4.14. The lowest BCUT2D eigenvalue weighted by molar-refractivity contribution is -0.138. The quantitative estimate of drug-likeness (QED) is 0.831. The number of carbonyl (C=O) groups is 1. The Kier molecular flexibility index (Phi) is 4.34. The average Bonchev–Trinajstić information content (AvgIpc) is 3.47. The fourth-order valence-corrected chi connectivity index (χ4v) is 4.21. The zero-order valence-corrected chi connectivity index (χ0v) is 15.5. The third-order valence-electron chi connectivity index (χ3n) is 6.04. The van der Waals surface area contributed by atoms with E-state index < -0.39 is 0 Å². The number of nitrogens with zero attached hydrogens (tertiary/aromatic N) is 3. The molecule has 1 aliphatic carbocycles. The number of likely N-dealkylation sites (tertiary alicyclic amines) is 1. The Morgan fingerprint density at radius 3 is 2.78 bits per heavy atom. The van der Waals surface area contributed by atoms with Gasteiger partial charge in [-0.2, -0.15) is 4.98 Å². The second-order valence-corrected chi connectivity index (χ2v) is 8.12. The molecule has 0 N–H and O–H groups in total. The first kappa shape index (κ1) is 16.8. The van der Waals surface area contributed by atoms with Gasteiger partial charge in [0, 0.05) is 25.4 Å². The predicted octanol–water partition coefficient (Wildman–Crippen LogP) is 2.98. The molecule has 1 aromatic carbocycles. The molecule has 3 aliphatic rings. The van der Waals surface area contributed by atoms with Crippen molar-refractivity contribution in [3.8, 4) is 5.75 Å². The number of hydrogen-bond acceptors (Lipinski definition) is 5. The van der Waals surface area contributed by atoms with Crippen LogP contribution in [-0.4, -0.2) is 40.6 Å². The number of carbonyl (C=O) groups excluding carboxylic acids is 1. The van der Waals surface area contributed by atoms with Crippen molar-refractivity contribution in [2.24, 2.45) is 11.8 Å². The van der Waals surface area contributed by atoms with Crippen LogP contribution < -0.4 is 4.74 Å². The molecule has 1 saturated heterocycles. The molecule has 6 heteroatoms. The molecule has 5 rings (SSSR count). The molecule has 0 spiro atoms. The van der Waals surface area contributed by atoms with Crippen LogP contribution in [0.25, 0.3) is 0 Å². The number of fused-ring (bicyclic) bond motifs is 1. The minimum atomic E-state index is -0.0604. The molecule has 0 bridgehead atoms. The van der Waals surface area contributed by atoms with Gasteiger partial charge in [0.05, 0.1) is 5.92 Å². The van der Waals surface area contributed by atoms with Crippen LogP contribution in [0.5, 0.6) is 5.75 Å². The van der Waals surface area contributed by atoms with Gasteiger partial charge >= 0.3 is 0 Å². The Bertz CT molecular complexity index is 822. The summed E-state index contributed by atoms with van der Waals surface area (Å²) in [5.74, 6) is 3.78. The normalized spacial score (nSPS) is 23.0. The number of benzene rings is 1. The largest absolute Gasteiger partial charge is 0.492 e. The van der Waals surface area contributed by atoms with E-state index in [9.17, 15) is 4.79 Å². The first-order valence-corrected chi connectivity index (χ1v) is 10.1. The monoisotopic (exact) mass is 367 g/mol. The molecule has 1 aromatic heterocycles. The molecule has 2 aliphatic heterocycles. The van der Waals surface area contributed by atoms with E-state index >= 15 is 0 Å². The second kappa shape index (κ2) is 6.98. The third-order valence-corrected chi connectivity index (χ3v) is 6.04. The van der Waals surface area contributed by atoms with Gasteiger partial charge in [0.25, 0.3) is 0 Å². The molecule has 0 radical (unpaired) electrons. The maximum Gasteiger partial charge on any atom is 0.229 e. The van der Waals surface area contributed by atoms with Crippen molar-refractivity contribution in [1.29, 1.82) is 0 Å². The fraction of sp³-hybridized carbons (Fsp3) is 0.571. The summed E-state index contributed by atoms with van der Waals surface area (Å²) in [6, 6.07) is 8.02. The van der Waals surface area contributed by atoms with E-state index in [4.69, 9.17) is 9.26 Å². The van der Waals surface area contributed by atoms with E-state index in [1.807, 2.05) is 23.1 Å². The Labute approximate surface area is 158 Å². The fourth-order valence-electron chi connectivity index (χ4n) is 4.21. The summed E-state index contributed by atoms with van der Waals surface area (Å²) in [6.07, 6.45) is 6.00. The van der Waals surface area contributed by atoms with Gasteiger partial charge in [0.15, 0.2) is 5.82 Å². The zero-order chi connectivity index (χ0) is 18.2. The van der Waals surface area contributed by atoms with Gasteiger partial charge in [-0.3, -0.25) is 4.79 Å². The van der Waals surface area contributed by atoms with E-state index in [1.54, 1.807) is 0 Å². The molecular weight excluding hydrogens is 342 g/mol. The van der Waals surface area contributed by atoms with E-state index in [0.29, 0.717) is 18.4 Å². The van der Waals surface area contributed by atoms with Crippen molar-refractivity contribution < 1.29 is 14.1 Å². The third kappa shape index (κ3) is 3.57. The number of hydrogen-bond donors (Lipinski definition) is 0. The molecule has 3 heterocycles. The molecule has 142 valence electrons. The van der Waals surface area contributed by atoms with E-state index in [1.165, 1.54) is 12.8 Å². The van der Waals surface area contributed by atoms with Crippen LogP contribution in [0.4, 0.5) is 0 Å². The lowest BCUT2D eigenvalue weighted by Crippen LogP contribution is -2.45. The molecule has 2 aromatic rings. The Morgan fingerprint density at radius 1 is 1.15 bits per heavy atom. The molecule has 1 saturated carbocycles. The number of amides is 1. The van der Waals surface area contributed by atoms with E-state index in [-0.39, 0.29) is 11.8 Å². The maximum absolute atomic E-state index is 12.9. The van der Waals surface area contributed by atoms with Gasteiger partial charge < -0.3 is 14.2 Å². The molecule has 1 atom stereocenters. The Hall–Kier alpha value is -2.37. The van der Waals surface area contributed by atoms with Gasteiger partial charge in [-0.25, -0.2) is 0 Å². The summed E-state index contributed by atoms with van der Waals surface area (Å²) in [6.45, 7) is 2.12. The maximum atomic E-state index is 12.9. The summed E-state index contributed by atoms with van der Waals surface area (Å²) in [4.78, 5) is 19.5. The number of ether oxygens (including phenoxy) is 1. The number of para-hydroxylation sites is 1. The van der Waals surface area contributed by atoms with Crippen molar-refractivity contribution in [2.75, 3.05) is 19.7 Å². The highest BCUT2D eigenvalue weighted by Crippen LogP contribution is 2.39. The van der Waals surface area contributed by atoms with Crippen LogP contribution in [-0.2, 0) is 17.6 Å². The average molecular weight is 367 g/mol. The standard InChI is InChI=1S/C21H25N3O3/c25-21(17-12-16-3-1-2-4-18(16)26-13-17)24-9-7-14(8-10-24)11-19-22-20(27-23-19)15-5-6-15/h1-4,14-15,17H,5-13H2/t17-/m0/s1. The Morgan fingerprint density at radius 2 is 1.96 bits per heavy atom. The first-order chi connectivity index (χ1) is 13.3.